The molecule has 0 spiro atoms. The molecule has 2 unspecified atom stereocenters. The molecule has 1 heterocycles. The minimum atomic E-state index is -1.03. The van der Waals surface area contributed by atoms with Crippen molar-refractivity contribution < 1.29 is 4.21 Å². The maximum Gasteiger partial charge on any atom is 0.146 e. The molecule has 0 saturated heterocycles. The van der Waals surface area contributed by atoms with Gasteiger partial charge in [0.25, 0.3) is 0 Å². The Hall–Kier alpha value is -0.810. The van der Waals surface area contributed by atoms with E-state index in [9.17, 15) is 4.21 Å². The summed E-state index contributed by atoms with van der Waals surface area (Å²) in [4.78, 5) is 8.36. The van der Waals surface area contributed by atoms with Crippen molar-refractivity contribution in [1.29, 1.82) is 0 Å². The summed E-state index contributed by atoms with van der Waals surface area (Å²) >= 11 is 0. The second-order valence-corrected chi connectivity index (χ2v) is 5.34. The zero-order valence-corrected chi connectivity index (χ0v) is 10.8. The van der Waals surface area contributed by atoms with Crippen LogP contribution < -0.4 is 4.72 Å². The minimum Gasteiger partial charge on any atom is -0.243 e. The molecular weight excluding hydrogens is 222 g/mol. The van der Waals surface area contributed by atoms with Crippen molar-refractivity contribution in [3.8, 4) is 0 Å². The van der Waals surface area contributed by atoms with Gasteiger partial charge in [-0.1, -0.05) is 13.8 Å². The van der Waals surface area contributed by atoms with E-state index in [-0.39, 0.29) is 11.3 Å². The highest BCUT2D eigenvalue weighted by atomic mass is 32.2. The molecule has 0 aromatic carbocycles. The molecule has 4 nitrogen and oxygen atoms in total. The lowest BCUT2D eigenvalue weighted by Crippen LogP contribution is -2.30. The Morgan fingerprint density at radius 2 is 1.94 bits per heavy atom. The summed E-state index contributed by atoms with van der Waals surface area (Å²) in [5.41, 5.74) is 0. The smallest absolute Gasteiger partial charge is 0.146 e. The summed E-state index contributed by atoms with van der Waals surface area (Å²) in [6.07, 6.45) is 5.13. The highest BCUT2D eigenvalue weighted by Gasteiger charge is 2.17. The van der Waals surface area contributed by atoms with Gasteiger partial charge in [0.05, 0.1) is 17.0 Å². The zero-order chi connectivity index (χ0) is 12.0. The van der Waals surface area contributed by atoms with Gasteiger partial charge in [-0.3, -0.25) is 0 Å². The van der Waals surface area contributed by atoms with Crippen molar-refractivity contribution in [2.45, 2.75) is 44.9 Å². The summed E-state index contributed by atoms with van der Waals surface area (Å²) in [6, 6.07) is 1.75. The highest BCUT2D eigenvalue weighted by Crippen LogP contribution is 2.13. The molecule has 0 aliphatic carbocycles. The zero-order valence-electron chi connectivity index (χ0n) is 10.0. The average molecular weight is 241 g/mol. The maximum absolute atomic E-state index is 11.9. The molecule has 1 aromatic rings. The fraction of sp³-hybridized carbons (Fsp3) is 0.636. The van der Waals surface area contributed by atoms with Gasteiger partial charge in [0, 0.05) is 17.6 Å². The standard InChI is InChI=1S/C11H19N3OS/c1-4-9(3)16(15)14-10(5-2)11-12-7-6-8-13-11/h6-10,14H,4-5H2,1-3H3/t9?,10-,16?/m0/s1. The molecule has 0 aliphatic rings. The maximum atomic E-state index is 11.9. The summed E-state index contributed by atoms with van der Waals surface area (Å²) in [5, 5.41) is 0.151. The van der Waals surface area contributed by atoms with Crippen LogP contribution in [0.3, 0.4) is 0 Å². The molecule has 90 valence electrons. The van der Waals surface area contributed by atoms with Crippen molar-refractivity contribution in [3.05, 3.63) is 24.3 Å². The number of aromatic nitrogens is 2. The van der Waals surface area contributed by atoms with Gasteiger partial charge in [0.2, 0.25) is 0 Å². The van der Waals surface area contributed by atoms with Crippen molar-refractivity contribution in [1.82, 2.24) is 14.7 Å². The molecule has 0 fully saturated rings. The fourth-order valence-corrected chi connectivity index (χ4v) is 2.30. The Morgan fingerprint density at radius 3 is 2.44 bits per heavy atom. The van der Waals surface area contributed by atoms with Crippen LogP contribution in [0.1, 0.15) is 45.5 Å². The van der Waals surface area contributed by atoms with Gasteiger partial charge in [0.1, 0.15) is 5.82 Å². The van der Waals surface area contributed by atoms with Gasteiger partial charge in [-0.15, -0.1) is 0 Å². The second-order valence-electron chi connectivity index (χ2n) is 3.70. The van der Waals surface area contributed by atoms with Gasteiger partial charge >= 0.3 is 0 Å². The van der Waals surface area contributed by atoms with Crippen molar-refractivity contribution in [2.75, 3.05) is 0 Å². The Morgan fingerprint density at radius 1 is 1.31 bits per heavy atom. The molecule has 5 heteroatoms. The fourth-order valence-electron chi connectivity index (χ4n) is 1.22. The molecule has 1 rings (SSSR count). The SMILES string of the molecule is CCC(C)S(=O)N[C@@H](CC)c1ncccn1. The molecule has 0 bridgehead atoms. The van der Waals surface area contributed by atoms with Crippen molar-refractivity contribution in [2.24, 2.45) is 0 Å². The number of nitrogens with zero attached hydrogens (tertiary/aromatic N) is 2. The van der Waals surface area contributed by atoms with E-state index in [4.69, 9.17) is 0 Å². The summed E-state index contributed by atoms with van der Waals surface area (Å²) in [7, 11) is -1.03. The predicted molar refractivity (Wildman–Crippen MR) is 66.1 cm³/mol. The second kappa shape index (κ2) is 6.70. The van der Waals surface area contributed by atoms with Crippen LogP contribution in [0.25, 0.3) is 0 Å². The third-order valence-corrected chi connectivity index (χ3v) is 4.09. The van der Waals surface area contributed by atoms with E-state index in [2.05, 4.69) is 14.7 Å². The number of rotatable bonds is 6. The van der Waals surface area contributed by atoms with Crippen LogP contribution in [0.2, 0.25) is 0 Å². The van der Waals surface area contributed by atoms with Crippen molar-refractivity contribution in [3.63, 3.8) is 0 Å². The molecule has 0 amide bonds. The van der Waals surface area contributed by atoms with E-state index < -0.39 is 11.0 Å². The largest absolute Gasteiger partial charge is 0.243 e. The van der Waals surface area contributed by atoms with Crippen LogP contribution >= 0.6 is 0 Å². The van der Waals surface area contributed by atoms with Crippen LogP contribution in [0.4, 0.5) is 0 Å². The summed E-state index contributed by atoms with van der Waals surface area (Å²) in [6.45, 7) is 6.04. The first kappa shape index (κ1) is 13.3. The number of hydrogen-bond donors (Lipinski definition) is 1. The van der Waals surface area contributed by atoms with Gasteiger partial charge in [-0.2, -0.15) is 0 Å². The van der Waals surface area contributed by atoms with Gasteiger partial charge < -0.3 is 0 Å². The molecule has 3 atom stereocenters. The molecule has 0 saturated carbocycles. The minimum absolute atomic E-state index is 0.0315. The quantitative estimate of drug-likeness (QED) is 0.828. The molecule has 1 aromatic heterocycles. The highest BCUT2D eigenvalue weighted by molar-refractivity contribution is 7.83. The molecule has 1 N–H and O–H groups in total. The van der Waals surface area contributed by atoms with E-state index >= 15 is 0 Å². The normalized spacial score (nSPS) is 16.7. The molecule has 0 radical (unpaired) electrons. The number of nitrogens with one attached hydrogen (secondary N) is 1. The summed E-state index contributed by atoms with van der Waals surface area (Å²) in [5.74, 6) is 0.710. The van der Waals surface area contributed by atoms with Crippen LogP contribution in [0, 0.1) is 0 Å². The van der Waals surface area contributed by atoms with E-state index in [1.807, 2.05) is 20.8 Å². The lowest BCUT2D eigenvalue weighted by atomic mass is 10.2. The van der Waals surface area contributed by atoms with Crippen LogP contribution in [0.15, 0.2) is 18.5 Å². The predicted octanol–water partition coefficient (Wildman–Crippen LogP) is 1.98. The van der Waals surface area contributed by atoms with Crippen LogP contribution in [-0.2, 0) is 11.0 Å². The summed E-state index contributed by atoms with van der Waals surface area (Å²) < 4.78 is 14.9. The Kier molecular flexibility index (Phi) is 5.55. The number of hydrogen-bond acceptors (Lipinski definition) is 3. The molecular formula is C11H19N3OS. The van der Waals surface area contributed by atoms with E-state index in [1.54, 1.807) is 18.5 Å². The topological polar surface area (TPSA) is 54.9 Å². The average Bonchev–Trinajstić information content (AvgIpc) is 2.35. The van der Waals surface area contributed by atoms with Crippen LogP contribution in [0.5, 0.6) is 0 Å². The van der Waals surface area contributed by atoms with Gasteiger partial charge in [-0.25, -0.2) is 18.9 Å². The Labute approximate surface area is 99.5 Å². The van der Waals surface area contributed by atoms with Crippen LogP contribution in [-0.4, -0.2) is 19.4 Å². The molecule has 16 heavy (non-hydrogen) atoms. The first-order valence-corrected chi connectivity index (χ1v) is 6.84. The lowest BCUT2D eigenvalue weighted by molar-refractivity contribution is 0.577. The van der Waals surface area contributed by atoms with E-state index in [1.165, 1.54) is 0 Å². The Balaban J connectivity index is 2.66. The van der Waals surface area contributed by atoms with Crippen molar-refractivity contribution >= 4 is 11.0 Å². The first-order chi connectivity index (χ1) is 7.69. The van der Waals surface area contributed by atoms with E-state index in [0.29, 0.717) is 5.82 Å². The van der Waals surface area contributed by atoms with Gasteiger partial charge in [-0.05, 0) is 25.8 Å². The third kappa shape index (κ3) is 3.64. The molecule has 0 aliphatic heterocycles. The van der Waals surface area contributed by atoms with Gasteiger partial charge in [0.15, 0.2) is 0 Å². The monoisotopic (exact) mass is 241 g/mol. The van der Waals surface area contributed by atoms with E-state index in [0.717, 1.165) is 12.8 Å². The lowest BCUT2D eigenvalue weighted by Gasteiger charge is -2.17. The first-order valence-electron chi connectivity index (χ1n) is 5.62. The Bertz CT molecular complexity index is 331. The third-order valence-electron chi connectivity index (χ3n) is 2.50.